The lowest BCUT2D eigenvalue weighted by Crippen LogP contribution is -2.36. The normalized spacial score (nSPS) is 15.1. The topological polar surface area (TPSA) is 63.5 Å². The van der Waals surface area contributed by atoms with Crippen molar-refractivity contribution in [2.45, 2.75) is 25.0 Å². The number of halogens is 2. The molecule has 1 unspecified atom stereocenters. The number of hydrogen-bond donors (Lipinski definition) is 2. The van der Waals surface area contributed by atoms with Crippen LogP contribution in [0.1, 0.15) is 29.4 Å². The molecule has 0 spiro atoms. The SMILES string of the molecule is O=C(NCC(O)COc1ccc(F)c(F)c1)c1cccn1C1CC1. The van der Waals surface area contributed by atoms with E-state index in [9.17, 15) is 18.7 Å². The first-order valence-corrected chi connectivity index (χ1v) is 7.75. The van der Waals surface area contributed by atoms with Crippen LogP contribution >= 0.6 is 0 Å². The van der Waals surface area contributed by atoms with E-state index in [0.717, 1.165) is 25.0 Å². The van der Waals surface area contributed by atoms with Crippen LogP contribution in [0.3, 0.4) is 0 Å². The Morgan fingerprint density at radius 3 is 2.83 bits per heavy atom. The Morgan fingerprint density at radius 2 is 2.12 bits per heavy atom. The average Bonchev–Trinajstić information content (AvgIpc) is 3.30. The van der Waals surface area contributed by atoms with Gasteiger partial charge in [0.25, 0.3) is 5.91 Å². The number of nitrogens with zero attached hydrogens (tertiary/aromatic N) is 1. The van der Waals surface area contributed by atoms with Crippen molar-refractivity contribution in [3.05, 3.63) is 53.9 Å². The van der Waals surface area contributed by atoms with Gasteiger partial charge in [-0.2, -0.15) is 0 Å². The van der Waals surface area contributed by atoms with Crippen LogP contribution in [0.2, 0.25) is 0 Å². The molecule has 0 aliphatic heterocycles. The lowest BCUT2D eigenvalue weighted by molar-refractivity contribution is 0.0835. The standard InChI is InChI=1S/C17H18F2N2O3/c18-14-6-5-13(8-15(14)19)24-10-12(22)9-20-17(23)16-2-1-7-21(16)11-3-4-11/h1-2,5-8,11-12,22H,3-4,9-10H2,(H,20,23). The summed E-state index contributed by atoms with van der Waals surface area (Å²) in [5, 5.41) is 12.5. The molecule has 1 aliphatic carbocycles. The first kappa shape index (κ1) is 16.4. The lowest BCUT2D eigenvalue weighted by Gasteiger charge is -2.14. The maximum absolute atomic E-state index is 13.0. The van der Waals surface area contributed by atoms with Crippen LogP contribution in [0.25, 0.3) is 0 Å². The van der Waals surface area contributed by atoms with Crippen LogP contribution in [0.15, 0.2) is 36.5 Å². The number of hydrogen-bond acceptors (Lipinski definition) is 3. The summed E-state index contributed by atoms with van der Waals surface area (Å²) in [5.74, 6) is -2.13. The van der Waals surface area contributed by atoms with Gasteiger partial charge in [-0.25, -0.2) is 8.78 Å². The molecular weight excluding hydrogens is 318 g/mol. The van der Waals surface area contributed by atoms with Crippen LogP contribution in [0.5, 0.6) is 5.75 Å². The van der Waals surface area contributed by atoms with Crippen molar-refractivity contribution in [1.29, 1.82) is 0 Å². The van der Waals surface area contributed by atoms with Gasteiger partial charge in [0.2, 0.25) is 0 Å². The zero-order valence-corrected chi connectivity index (χ0v) is 12.9. The molecule has 1 saturated carbocycles. The first-order valence-electron chi connectivity index (χ1n) is 7.75. The van der Waals surface area contributed by atoms with E-state index in [0.29, 0.717) is 11.7 Å². The van der Waals surface area contributed by atoms with E-state index in [1.807, 2.05) is 16.8 Å². The largest absolute Gasteiger partial charge is 0.491 e. The molecule has 1 heterocycles. The van der Waals surface area contributed by atoms with E-state index in [4.69, 9.17) is 4.74 Å². The number of aromatic nitrogens is 1. The molecule has 2 N–H and O–H groups in total. The van der Waals surface area contributed by atoms with Gasteiger partial charge in [0.1, 0.15) is 24.2 Å². The number of aliphatic hydroxyl groups is 1. The highest BCUT2D eigenvalue weighted by atomic mass is 19.2. The van der Waals surface area contributed by atoms with Gasteiger partial charge in [0.15, 0.2) is 11.6 Å². The molecule has 24 heavy (non-hydrogen) atoms. The second-order valence-corrected chi connectivity index (χ2v) is 5.78. The van der Waals surface area contributed by atoms with Crippen molar-refractivity contribution >= 4 is 5.91 Å². The number of rotatable bonds is 7. The maximum atomic E-state index is 13.0. The Labute approximate surface area is 137 Å². The smallest absolute Gasteiger partial charge is 0.268 e. The maximum Gasteiger partial charge on any atom is 0.268 e. The molecule has 3 rings (SSSR count). The second-order valence-electron chi connectivity index (χ2n) is 5.78. The van der Waals surface area contributed by atoms with Crippen LogP contribution in [0, 0.1) is 11.6 Å². The molecule has 128 valence electrons. The molecule has 1 amide bonds. The average molecular weight is 336 g/mol. The van der Waals surface area contributed by atoms with Gasteiger partial charge in [-0.15, -0.1) is 0 Å². The molecule has 0 radical (unpaired) electrons. The summed E-state index contributed by atoms with van der Waals surface area (Å²) < 4.78 is 33.0. The fourth-order valence-electron chi connectivity index (χ4n) is 2.38. The molecule has 1 atom stereocenters. The summed E-state index contributed by atoms with van der Waals surface area (Å²) in [7, 11) is 0. The van der Waals surface area contributed by atoms with Crippen LogP contribution in [-0.2, 0) is 0 Å². The summed E-state index contributed by atoms with van der Waals surface area (Å²) >= 11 is 0. The van der Waals surface area contributed by atoms with E-state index in [2.05, 4.69) is 5.32 Å². The summed E-state index contributed by atoms with van der Waals surface area (Å²) in [6.45, 7) is -0.145. The third-order valence-electron chi connectivity index (χ3n) is 3.78. The van der Waals surface area contributed by atoms with Crippen LogP contribution in [0.4, 0.5) is 8.78 Å². The third-order valence-corrected chi connectivity index (χ3v) is 3.78. The van der Waals surface area contributed by atoms with Gasteiger partial charge in [0.05, 0.1) is 0 Å². The number of nitrogens with one attached hydrogen (secondary N) is 1. The zero-order chi connectivity index (χ0) is 17.1. The molecule has 5 nitrogen and oxygen atoms in total. The minimum Gasteiger partial charge on any atom is -0.491 e. The Morgan fingerprint density at radius 1 is 1.33 bits per heavy atom. The molecule has 2 aromatic rings. The van der Waals surface area contributed by atoms with E-state index < -0.39 is 17.7 Å². The van der Waals surface area contributed by atoms with E-state index in [-0.39, 0.29) is 24.8 Å². The molecule has 0 saturated heterocycles. The van der Waals surface area contributed by atoms with Crippen molar-refractivity contribution in [2.24, 2.45) is 0 Å². The predicted molar refractivity (Wildman–Crippen MR) is 82.9 cm³/mol. The van der Waals surface area contributed by atoms with E-state index in [1.165, 1.54) is 6.07 Å². The zero-order valence-electron chi connectivity index (χ0n) is 12.9. The van der Waals surface area contributed by atoms with Gasteiger partial charge < -0.3 is 19.7 Å². The van der Waals surface area contributed by atoms with Crippen molar-refractivity contribution in [1.82, 2.24) is 9.88 Å². The lowest BCUT2D eigenvalue weighted by atomic mass is 10.3. The van der Waals surface area contributed by atoms with Crippen LogP contribution < -0.4 is 10.1 Å². The number of amides is 1. The van der Waals surface area contributed by atoms with E-state index >= 15 is 0 Å². The third kappa shape index (κ3) is 3.91. The molecule has 7 heteroatoms. The summed E-state index contributed by atoms with van der Waals surface area (Å²) in [6.07, 6.45) is 3.04. The monoisotopic (exact) mass is 336 g/mol. The van der Waals surface area contributed by atoms with Gasteiger partial charge in [-0.05, 0) is 37.1 Å². The number of benzene rings is 1. The Kier molecular flexibility index (Phi) is 4.80. The molecule has 0 bridgehead atoms. The summed E-state index contributed by atoms with van der Waals surface area (Å²) in [5.41, 5.74) is 0.561. The molecule has 1 aliphatic rings. The number of aliphatic hydroxyl groups excluding tert-OH is 1. The van der Waals surface area contributed by atoms with E-state index in [1.54, 1.807) is 6.07 Å². The van der Waals surface area contributed by atoms with Crippen molar-refractivity contribution in [3.8, 4) is 5.75 Å². The van der Waals surface area contributed by atoms with Gasteiger partial charge in [0, 0.05) is 24.8 Å². The van der Waals surface area contributed by atoms with Gasteiger partial charge >= 0.3 is 0 Å². The fourth-order valence-corrected chi connectivity index (χ4v) is 2.38. The number of ether oxygens (including phenoxy) is 1. The highest BCUT2D eigenvalue weighted by Crippen LogP contribution is 2.35. The Bertz CT molecular complexity index is 728. The quantitative estimate of drug-likeness (QED) is 0.815. The van der Waals surface area contributed by atoms with Gasteiger partial charge in [-0.1, -0.05) is 0 Å². The molecule has 1 aromatic heterocycles. The summed E-state index contributed by atoms with van der Waals surface area (Å²) in [4.78, 5) is 12.1. The molecular formula is C17H18F2N2O3. The highest BCUT2D eigenvalue weighted by Gasteiger charge is 2.26. The van der Waals surface area contributed by atoms with Crippen molar-refractivity contribution in [3.63, 3.8) is 0 Å². The van der Waals surface area contributed by atoms with Crippen molar-refractivity contribution in [2.75, 3.05) is 13.2 Å². The number of carbonyl (C=O) groups is 1. The Balaban J connectivity index is 1.46. The molecule has 1 fully saturated rings. The van der Waals surface area contributed by atoms with Crippen molar-refractivity contribution < 1.29 is 23.4 Å². The minimum atomic E-state index is -1.02. The summed E-state index contributed by atoms with van der Waals surface area (Å²) in [6, 6.07) is 7.07. The van der Waals surface area contributed by atoms with Crippen LogP contribution in [-0.4, -0.2) is 34.8 Å². The Hall–Kier alpha value is -2.41. The predicted octanol–water partition coefficient (Wildman–Crippen LogP) is 2.27. The fraction of sp³-hybridized carbons (Fsp3) is 0.353. The minimum absolute atomic E-state index is 0.00163. The van der Waals surface area contributed by atoms with Gasteiger partial charge in [-0.3, -0.25) is 4.79 Å². The molecule has 1 aromatic carbocycles. The second kappa shape index (κ2) is 7.00. The highest BCUT2D eigenvalue weighted by molar-refractivity contribution is 5.92. The first-order chi connectivity index (χ1) is 11.5. The number of carbonyl (C=O) groups excluding carboxylic acids is 1.